The van der Waals surface area contributed by atoms with Gasteiger partial charge in [0.05, 0.1) is 10.5 Å². The van der Waals surface area contributed by atoms with Crippen LogP contribution in [0.15, 0.2) is 18.2 Å². The molecular formula is C9H9IN2O3. The largest absolute Gasteiger partial charge is 0.345 e. The van der Waals surface area contributed by atoms with Crippen molar-refractivity contribution in [1.29, 1.82) is 0 Å². The lowest BCUT2D eigenvalue weighted by molar-refractivity contribution is -0.384. The molecule has 0 N–H and O–H groups in total. The minimum atomic E-state index is -0.480. The summed E-state index contributed by atoms with van der Waals surface area (Å²) >= 11 is 1.92. The number of non-ortho nitro benzene ring substituents is 1. The van der Waals surface area contributed by atoms with E-state index >= 15 is 0 Å². The maximum atomic E-state index is 11.6. The molecule has 0 aliphatic heterocycles. The van der Waals surface area contributed by atoms with Gasteiger partial charge in [0.1, 0.15) is 0 Å². The molecule has 1 amide bonds. The fourth-order valence-corrected chi connectivity index (χ4v) is 1.76. The lowest BCUT2D eigenvalue weighted by atomic mass is 10.2. The van der Waals surface area contributed by atoms with Crippen molar-refractivity contribution in [2.24, 2.45) is 0 Å². The predicted molar refractivity (Wildman–Crippen MR) is 63.8 cm³/mol. The summed E-state index contributed by atoms with van der Waals surface area (Å²) in [5.41, 5.74) is 0.473. The van der Waals surface area contributed by atoms with E-state index in [4.69, 9.17) is 0 Å². The van der Waals surface area contributed by atoms with Crippen LogP contribution in [0.2, 0.25) is 0 Å². The van der Waals surface area contributed by atoms with Crippen LogP contribution in [-0.4, -0.2) is 29.8 Å². The van der Waals surface area contributed by atoms with Gasteiger partial charge in [0, 0.05) is 29.8 Å². The fourth-order valence-electron chi connectivity index (χ4n) is 1.03. The number of nitro groups is 1. The Labute approximate surface area is 100 Å². The van der Waals surface area contributed by atoms with E-state index in [2.05, 4.69) is 0 Å². The fraction of sp³-hybridized carbons (Fsp3) is 0.222. The Morgan fingerprint density at radius 2 is 2.07 bits per heavy atom. The molecule has 0 heterocycles. The lowest BCUT2D eigenvalue weighted by Crippen LogP contribution is -2.22. The Morgan fingerprint density at radius 1 is 1.47 bits per heavy atom. The highest BCUT2D eigenvalue weighted by Crippen LogP contribution is 2.20. The number of benzene rings is 1. The van der Waals surface area contributed by atoms with E-state index in [0.717, 1.165) is 0 Å². The molecule has 0 aliphatic rings. The first-order valence-electron chi connectivity index (χ1n) is 4.09. The highest BCUT2D eigenvalue weighted by molar-refractivity contribution is 14.1. The summed E-state index contributed by atoms with van der Waals surface area (Å²) in [5.74, 6) is -0.158. The molecule has 0 saturated carbocycles. The molecule has 15 heavy (non-hydrogen) atoms. The van der Waals surface area contributed by atoms with Crippen LogP contribution >= 0.6 is 22.6 Å². The minimum Gasteiger partial charge on any atom is -0.345 e. The van der Waals surface area contributed by atoms with Crippen LogP contribution in [0.4, 0.5) is 5.69 Å². The highest BCUT2D eigenvalue weighted by atomic mass is 127. The third-order valence-corrected chi connectivity index (χ3v) is 2.69. The Morgan fingerprint density at radius 3 is 2.47 bits per heavy atom. The van der Waals surface area contributed by atoms with Crippen molar-refractivity contribution in [2.75, 3.05) is 14.1 Å². The number of carbonyl (C=O) groups excluding carboxylic acids is 1. The van der Waals surface area contributed by atoms with Gasteiger partial charge in [-0.05, 0) is 28.7 Å². The van der Waals surface area contributed by atoms with E-state index in [1.54, 1.807) is 14.1 Å². The van der Waals surface area contributed by atoms with Crippen molar-refractivity contribution in [2.45, 2.75) is 0 Å². The van der Waals surface area contributed by atoms with Gasteiger partial charge >= 0.3 is 0 Å². The van der Waals surface area contributed by atoms with Crippen molar-refractivity contribution >= 4 is 34.2 Å². The maximum Gasteiger partial charge on any atom is 0.270 e. The zero-order valence-corrected chi connectivity index (χ0v) is 10.4. The van der Waals surface area contributed by atoms with Gasteiger partial charge in [0.15, 0.2) is 0 Å². The third kappa shape index (κ3) is 2.65. The van der Waals surface area contributed by atoms with Crippen molar-refractivity contribution in [3.63, 3.8) is 0 Å². The highest BCUT2D eigenvalue weighted by Gasteiger charge is 2.15. The molecule has 80 valence electrons. The Balaban J connectivity index is 3.14. The first kappa shape index (κ1) is 11.9. The molecule has 1 aromatic carbocycles. The Hall–Kier alpha value is -1.18. The van der Waals surface area contributed by atoms with Gasteiger partial charge in [-0.1, -0.05) is 0 Å². The molecule has 0 unspecified atom stereocenters. The van der Waals surface area contributed by atoms with Crippen LogP contribution in [0.5, 0.6) is 0 Å². The monoisotopic (exact) mass is 320 g/mol. The average molecular weight is 320 g/mol. The SMILES string of the molecule is CN(C)C(=O)c1ccc([N+](=O)[O-])cc1I. The van der Waals surface area contributed by atoms with Crippen LogP contribution < -0.4 is 0 Å². The number of hydrogen-bond donors (Lipinski definition) is 0. The summed E-state index contributed by atoms with van der Waals surface area (Å²) in [6.45, 7) is 0. The number of carbonyl (C=O) groups is 1. The van der Waals surface area contributed by atoms with Crippen LogP contribution in [0.1, 0.15) is 10.4 Å². The second kappa shape index (κ2) is 4.56. The second-order valence-electron chi connectivity index (χ2n) is 3.12. The van der Waals surface area contributed by atoms with Crippen LogP contribution in [0.25, 0.3) is 0 Å². The minimum absolute atomic E-state index is 0.00490. The van der Waals surface area contributed by atoms with E-state index in [0.29, 0.717) is 9.13 Å². The van der Waals surface area contributed by atoms with Gasteiger partial charge in [-0.2, -0.15) is 0 Å². The van der Waals surface area contributed by atoms with E-state index < -0.39 is 4.92 Å². The molecule has 0 fully saturated rings. The molecule has 0 aromatic heterocycles. The number of amides is 1. The molecule has 0 bridgehead atoms. The first-order valence-corrected chi connectivity index (χ1v) is 5.17. The smallest absolute Gasteiger partial charge is 0.270 e. The third-order valence-electron chi connectivity index (χ3n) is 1.80. The van der Waals surface area contributed by atoms with Crippen molar-refractivity contribution in [1.82, 2.24) is 4.90 Å². The second-order valence-corrected chi connectivity index (χ2v) is 4.28. The van der Waals surface area contributed by atoms with E-state index in [1.165, 1.54) is 23.1 Å². The first-order chi connectivity index (χ1) is 6.93. The molecule has 0 aliphatic carbocycles. The summed E-state index contributed by atoms with van der Waals surface area (Å²) < 4.78 is 0.584. The van der Waals surface area contributed by atoms with Gasteiger partial charge in [-0.25, -0.2) is 0 Å². The van der Waals surface area contributed by atoms with Crippen LogP contribution in [0, 0.1) is 13.7 Å². The molecule has 0 spiro atoms. The number of hydrogen-bond acceptors (Lipinski definition) is 3. The lowest BCUT2D eigenvalue weighted by Gasteiger charge is -2.11. The van der Waals surface area contributed by atoms with Crippen molar-refractivity contribution < 1.29 is 9.72 Å². The van der Waals surface area contributed by atoms with Crippen molar-refractivity contribution in [3.05, 3.63) is 37.4 Å². The Bertz CT molecular complexity index is 418. The molecule has 1 rings (SSSR count). The van der Waals surface area contributed by atoms with Gasteiger partial charge in [0.2, 0.25) is 0 Å². The molecule has 5 nitrogen and oxygen atoms in total. The molecule has 0 saturated heterocycles. The summed E-state index contributed by atoms with van der Waals surface area (Å²) in [6.07, 6.45) is 0. The van der Waals surface area contributed by atoms with E-state index in [9.17, 15) is 14.9 Å². The maximum absolute atomic E-state index is 11.6. The standard InChI is InChI=1S/C9H9IN2O3/c1-11(2)9(13)7-4-3-6(12(14)15)5-8(7)10/h3-5H,1-2H3. The quantitative estimate of drug-likeness (QED) is 0.475. The Kier molecular flexibility index (Phi) is 3.61. The van der Waals surface area contributed by atoms with Crippen LogP contribution in [0.3, 0.4) is 0 Å². The molecule has 1 aromatic rings. The van der Waals surface area contributed by atoms with Gasteiger partial charge < -0.3 is 4.90 Å². The van der Waals surface area contributed by atoms with Crippen LogP contribution in [-0.2, 0) is 0 Å². The zero-order valence-electron chi connectivity index (χ0n) is 8.23. The average Bonchev–Trinajstić information content (AvgIpc) is 2.16. The molecular weight excluding hydrogens is 311 g/mol. The summed E-state index contributed by atoms with van der Waals surface area (Å²) in [7, 11) is 3.28. The summed E-state index contributed by atoms with van der Waals surface area (Å²) in [6, 6.07) is 4.19. The number of halogens is 1. The zero-order chi connectivity index (χ0) is 11.6. The molecule has 0 atom stereocenters. The summed E-state index contributed by atoms with van der Waals surface area (Å²) in [5, 5.41) is 10.5. The van der Waals surface area contributed by atoms with Gasteiger partial charge in [-0.15, -0.1) is 0 Å². The molecule has 6 heteroatoms. The van der Waals surface area contributed by atoms with Gasteiger partial charge in [-0.3, -0.25) is 14.9 Å². The number of nitrogens with zero attached hydrogens (tertiary/aromatic N) is 2. The number of rotatable bonds is 2. The van der Waals surface area contributed by atoms with E-state index in [-0.39, 0.29) is 11.6 Å². The van der Waals surface area contributed by atoms with E-state index in [1.807, 2.05) is 22.6 Å². The normalized spacial score (nSPS) is 9.80. The topological polar surface area (TPSA) is 63.5 Å². The predicted octanol–water partition coefficient (Wildman–Crippen LogP) is 1.90. The number of nitro benzene ring substituents is 1. The molecule has 0 radical (unpaired) electrons. The van der Waals surface area contributed by atoms with Gasteiger partial charge in [0.25, 0.3) is 11.6 Å². The summed E-state index contributed by atoms with van der Waals surface area (Å²) in [4.78, 5) is 23.0. The van der Waals surface area contributed by atoms with Crippen molar-refractivity contribution in [3.8, 4) is 0 Å².